The molecule has 0 atom stereocenters. The van der Waals surface area contributed by atoms with Gasteiger partial charge in [0, 0.05) is 49.7 Å². The Morgan fingerprint density at radius 1 is 0.651 bits per heavy atom. The van der Waals surface area contributed by atoms with Crippen LogP contribution in [0.5, 0.6) is 0 Å². The van der Waals surface area contributed by atoms with Crippen LogP contribution in [0.25, 0.3) is 11.5 Å². The number of urea groups is 2. The third-order valence-corrected chi connectivity index (χ3v) is 9.43. The van der Waals surface area contributed by atoms with Crippen molar-refractivity contribution >= 4 is 35.1 Å². The lowest BCUT2D eigenvalue weighted by Crippen LogP contribution is -2.48. The van der Waals surface area contributed by atoms with Crippen molar-refractivity contribution in [3.05, 3.63) is 120 Å². The summed E-state index contributed by atoms with van der Waals surface area (Å²) in [5.74, 6) is -4.46. The number of amides is 5. The highest BCUT2D eigenvalue weighted by Gasteiger charge is 2.39. The molecule has 1 N–H and O–H groups in total. The highest BCUT2D eigenvalue weighted by molar-refractivity contribution is 6.00. The average molecular weight is 884 g/mol. The number of hydrogen-bond donors (Lipinski definition) is 1. The van der Waals surface area contributed by atoms with E-state index >= 15 is 0 Å². The number of nitrogens with zero attached hydrogens (tertiary/aromatic N) is 8. The van der Waals surface area contributed by atoms with Gasteiger partial charge in [-0.2, -0.15) is 26.3 Å². The smallest absolute Gasteiger partial charge is 0.413 e. The van der Waals surface area contributed by atoms with Gasteiger partial charge in [0.25, 0.3) is 0 Å². The topological polar surface area (TPSA) is 176 Å². The van der Waals surface area contributed by atoms with Crippen LogP contribution in [0.2, 0.25) is 0 Å². The van der Waals surface area contributed by atoms with Crippen molar-refractivity contribution in [2.45, 2.75) is 25.4 Å². The number of anilines is 2. The Morgan fingerprint density at radius 2 is 1.13 bits per heavy atom. The Bertz CT molecular complexity index is 2290. The van der Waals surface area contributed by atoms with E-state index in [2.05, 4.69) is 20.2 Å². The fourth-order valence-electron chi connectivity index (χ4n) is 6.15. The van der Waals surface area contributed by atoms with E-state index in [1.807, 2.05) is 0 Å². The molecule has 2 fully saturated rings. The van der Waals surface area contributed by atoms with Crippen molar-refractivity contribution in [1.29, 1.82) is 0 Å². The third kappa shape index (κ3) is 12.6. The first-order chi connectivity index (χ1) is 30.2. The second-order valence-electron chi connectivity index (χ2n) is 13.8. The molecular formula is C41H39F6N9O7. The number of morpholine rings is 2. The molecule has 3 aromatic heterocycles. The van der Waals surface area contributed by atoms with Crippen LogP contribution in [-0.4, -0.2) is 119 Å². The first kappa shape index (κ1) is 45.6. The molecule has 0 bridgehead atoms. The van der Waals surface area contributed by atoms with Crippen LogP contribution >= 0.6 is 0 Å². The van der Waals surface area contributed by atoms with Gasteiger partial charge in [0.15, 0.2) is 5.78 Å². The van der Waals surface area contributed by atoms with Gasteiger partial charge >= 0.3 is 36.2 Å². The highest BCUT2D eigenvalue weighted by atomic mass is 19.4. The second kappa shape index (κ2) is 20.8. The molecule has 0 spiro atoms. The zero-order valence-electron chi connectivity index (χ0n) is 33.2. The molecule has 0 aliphatic carbocycles. The Labute approximate surface area is 355 Å². The summed E-state index contributed by atoms with van der Waals surface area (Å²) in [4.78, 5) is 63.8. The second-order valence-corrected chi connectivity index (χ2v) is 13.8. The van der Waals surface area contributed by atoms with E-state index in [9.17, 15) is 45.5 Å². The summed E-state index contributed by atoms with van der Waals surface area (Å²) < 4.78 is 90.0. The molecule has 2 aliphatic heterocycles. The van der Waals surface area contributed by atoms with E-state index < -0.39 is 36.5 Å². The lowest BCUT2D eigenvalue weighted by molar-refractivity contribution is -0.173. The quantitative estimate of drug-likeness (QED) is 0.128. The standard InChI is InChI=1S/C21H21F3N4O4.C20H18F3N5O3/c22-21(23,24)19(30)26-13-18(29)16-5-3-15(4-6-16)14-28(17-2-1-7-25-12-17)20(31)27-8-10-32-11-9-27;21-20(22,23)18-26-25-17(31-18)15-5-3-14(4-6-15)13-28(16-2-1-7-24-12-16)19(29)27-8-10-30-11-9-27/h1-7,12H,8-11,13-14H2,(H,26,30);1-7,12H,8-11,13H2. The molecule has 0 saturated carbocycles. The summed E-state index contributed by atoms with van der Waals surface area (Å²) in [5, 5.41) is 8.04. The molecule has 16 nitrogen and oxygen atoms in total. The number of alkyl halides is 6. The summed E-state index contributed by atoms with van der Waals surface area (Å²) in [5.41, 5.74) is 3.19. The maximum atomic E-state index is 13.1. The summed E-state index contributed by atoms with van der Waals surface area (Å²) >= 11 is 0. The van der Waals surface area contributed by atoms with Crippen molar-refractivity contribution in [3.63, 3.8) is 0 Å². The Balaban J connectivity index is 0.000000210. The van der Waals surface area contributed by atoms with Crippen molar-refractivity contribution < 1.29 is 59.4 Å². The molecule has 5 aromatic rings. The molecule has 5 heterocycles. The van der Waals surface area contributed by atoms with Crippen molar-refractivity contribution in [2.75, 3.05) is 69.0 Å². The number of hydrogen-bond acceptors (Lipinski definition) is 11. The summed E-state index contributed by atoms with van der Waals surface area (Å²) in [7, 11) is 0. The fraction of sp³-hybridized carbons (Fsp3) is 0.317. The Morgan fingerprint density at radius 3 is 1.54 bits per heavy atom. The molecule has 63 heavy (non-hydrogen) atoms. The van der Waals surface area contributed by atoms with Gasteiger partial charge in [-0.1, -0.05) is 36.4 Å². The summed E-state index contributed by atoms with van der Waals surface area (Å²) in [6, 6.07) is 19.3. The summed E-state index contributed by atoms with van der Waals surface area (Å²) in [6.45, 7) is 3.45. The third-order valence-electron chi connectivity index (χ3n) is 9.43. The van der Waals surface area contributed by atoms with Gasteiger partial charge in [0.2, 0.25) is 5.89 Å². The van der Waals surface area contributed by atoms with Gasteiger partial charge in [-0.25, -0.2) is 9.59 Å². The van der Waals surface area contributed by atoms with E-state index in [1.54, 1.807) is 110 Å². The van der Waals surface area contributed by atoms with Crippen LogP contribution in [0.1, 0.15) is 27.4 Å². The van der Waals surface area contributed by atoms with E-state index in [0.717, 1.165) is 5.56 Å². The van der Waals surface area contributed by atoms with Crippen LogP contribution in [0.4, 0.5) is 47.3 Å². The fourth-order valence-corrected chi connectivity index (χ4v) is 6.15. The van der Waals surface area contributed by atoms with E-state index in [4.69, 9.17) is 13.9 Å². The number of benzene rings is 2. The van der Waals surface area contributed by atoms with E-state index in [-0.39, 0.29) is 36.6 Å². The highest BCUT2D eigenvalue weighted by Crippen LogP contribution is 2.31. The van der Waals surface area contributed by atoms with Crippen molar-refractivity contribution in [3.8, 4) is 11.5 Å². The molecule has 2 aliphatic rings. The Kier molecular flexibility index (Phi) is 15.0. The van der Waals surface area contributed by atoms with Crippen LogP contribution in [-0.2, 0) is 33.5 Å². The largest absolute Gasteiger partial charge is 0.471 e. The van der Waals surface area contributed by atoms with Gasteiger partial charge in [-0.05, 0) is 47.5 Å². The normalized spacial score (nSPS) is 14.3. The van der Waals surface area contributed by atoms with Gasteiger partial charge < -0.3 is 29.0 Å². The number of ketones is 1. The molecular weight excluding hydrogens is 844 g/mol. The minimum atomic E-state index is -5.05. The first-order valence-corrected chi connectivity index (χ1v) is 19.2. The minimum Gasteiger partial charge on any atom is -0.413 e. The number of carbonyl (C=O) groups excluding carboxylic acids is 4. The van der Waals surface area contributed by atoms with Gasteiger partial charge in [0.05, 0.1) is 69.8 Å². The van der Waals surface area contributed by atoms with Gasteiger partial charge in [-0.3, -0.25) is 29.4 Å². The molecule has 0 radical (unpaired) electrons. The first-order valence-electron chi connectivity index (χ1n) is 19.2. The number of carbonyl (C=O) groups is 4. The molecule has 7 rings (SSSR count). The van der Waals surface area contributed by atoms with Crippen LogP contribution in [0, 0.1) is 0 Å². The predicted octanol–water partition coefficient (Wildman–Crippen LogP) is 6.01. The monoisotopic (exact) mass is 883 g/mol. The average Bonchev–Trinajstić information content (AvgIpc) is 3.82. The maximum absolute atomic E-state index is 13.1. The summed E-state index contributed by atoms with van der Waals surface area (Å²) in [6.07, 6.45) is -3.36. The number of ether oxygens (including phenoxy) is 2. The number of pyridine rings is 2. The lowest BCUT2D eigenvalue weighted by Gasteiger charge is -2.33. The predicted molar refractivity (Wildman–Crippen MR) is 211 cm³/mol. The number of nitrogens with one attached hydrogen (secondary N) is 1. The number of halogens is 6. The van der Waals surface area contributed by atoms with Gasteiger partial charge in [0.1, 0.15) is 0 Å². The van der Waals surface area contributed by atoms with Crippen molar-refractivity contribution in [2.24, 2.45) is 0 Å². The van der Waals surface area contributed by atoms with E-state index in [0.29, 0.717) is 75.1 Å². The lowest BCUT2D eigenvalue weighted by atomic mass is 10.1. The zero-order valence-corrected chi connectivity index (χ0v) is 33.2. The number of Topliss-reactive ketones (excluding diaryl/α,β-unsaturated/α-hetero) is 1. The van der Waals surface area contributed by atoms with Crippen LogP contribution in [0.15, 0.2) is 102 Å². The SMILES string of the molecule is O=C(CNC(=O)C(F)(F)F)c1ccc(CN(C(=O)N2CCOCC2)c2cccnc2)cc1.O=C(N1CCOCC1)N(Cc1ccc(-c2nnc(C(F)(F)F)o2)cc1)c1cccnc1. The number of aromatic nitrogens is 4. The molecule has 22 heteroatoms. The minimum absolute atomic E-state index is 0.142. The molecule has 0 unspecified atom stereocenters. The molecule has 5 amide bonds. The zero-order chi connectivity index (χ0) is 45.0. The van der Waals surface area contributed by atoms with Gasteiger partial charge in [-0.15, -0.1) is 10.2 Å². The molecule has 332 valence electrons. The Hall–Kier alpha value is -6.94. The molecule has 2 aromatic carbocycles. The maximum Gasteiger partial charge on any atom is 0.471 e. The number of rotatable bonds is 10. The van der Waals surface area contributed by atoms with E-state index in [1.165, 1.54) is 12.1 Å². The van der Waals surface area contributed by atoms with Crippen molar-refractivity contribution in [1.82, 2.24) is 35.3 Å². The van der Waals surface area contributed by atoms with Crippen LogP contribution in [0.3, 0.4) is 0 Å². The van der Waals surface area contributed by atoms with Crippen LogP contribution < -0.4 is 15.1 Å². The molecule has 2 saturated heterocycles.